The number of ether oxygens (including phenoxy) is 1. The molecule has 2 fully saturated rings. The van der Waals surface area contributed by atoms with Crippen molar-refractivity contribution in [3.05, 3.63) is 36.2 Å². The minimum absolute atomic E-state index is 0.213. The van der Waals surface area contributed by atoms with Crippen molar-refractivity contribution < 1.29 is 4.74 Å². The van der Waals surface area contributed by atoms with E-state index in [1.54, 1.807) is 0 Å². The number of benzene rings is 1. The highest BCUT2D eigenvalue weighted by atomic mass is 16.5. The summed E-state index contributed by atoms with van der Waals surface area (Å²) in [5.74, 6) is 1.64. The molecule has 2 aromatic rings. The third kappa shape index (κ3) is 3.73. The van der Waals surface area contributed by atoms with Gasteiger partial charge in [0.2, 0.25) is 0 Å². The van der Waals surface area contributed by atoms with Crippen LogP contribution in [0.2, 0.25) is 0 Å². The third-order valence-electron chi connectivity index (χ3n) is 5.35. The van der Waals surface area contributed by atoms with Crippen molar-refractivity contribution in [2.24, 2.45) is 5.92 Å². The highest BCUT2D eigenvalue weighted by Crippen LogP contribution is 2.27. The summed E-state index contributed by atoms with van der Waals surface area (Å²) in [4.78, 5) is 5.05. The lowest BCUT2D eigenvalue weighted by Crippen LogP contribution is -2.40. The monoisotopic (exact) mass is 342 g/mol. The molecule has 1 aromatic heterocycles. The van der Waals surface area contributed by atoms with Crippen molar-refractivity contribution in [2.75, 3.05) is 45.9 Å². The van der Waals surface area contributed by atoms with Crippen LogP contribution in [-0.2, 0) is 4.74 Å². The summed E-state index contributed by atoms with van der Waals surface area (Å²) in [6, 6.07) is 10.3. The third-order valence-corrected chi connectivity index (χ3v) is 5.35. The Bertz CT molecular complexity index is 669. The Balaban J connectivity index is 1.41. The zero-order valence-electron chi connectivity index (χ0n) is 14.8. The molecule has 3 heterocycles. The first-order chi connectivity index (χ1) is 12.3. The van der Waals surface area contributed by atoms with Crippen LogP contribution in [0.25, 0.3) is 5.69 Å². The van der Waals surface area contributed by atoms with Gasteiger partial charge < -0.3 is 4.74 Å². The number of hydrogen-bond donors (Lipinski definition) is 0. The van der Waals surface area contributed by atoms with E-state index in [9.17, 15) is 0 Å². The number of tetrazole rings is 1. The molecular formula is C18H26N6O. The average molecular weight is 342 g/mol. The van der Waals surface area contributed by atoms with Crippen LogP contribution in [-0.4, -0.2) is 75.9 Å². The number of hydrogen-bond acceptors (Lipinski definition) is 6. The van der Waals surface area contributed by atoms with E-state index in [0.717, 1.165) is 56.8 Å². The lowest BCUT2D eigenvalue weighted by molar-refractivity contribution is 0.0309. The maximum atomic E-state index is 5.45. The fourth-order valence-corrected chi connectivity index (χ4v) is 3.88. The average Bonchev–Trinajstić information content (AvgIpc) is 3.32. The van der Waals surface area contributed by atoms with E-state index in [1.165, 1.54) is 13.0 Å². The highest BCUT2D eigenvalue weighted by Gasteiger charge is 2.31. The van der Waals surface area contributed by atoms with E-state index in [-0.39, 0.29) is 6.04 Å². The quantitative estimate of drug-likeness (QED) is 0.818. The lowest BCUT2D eigenvalue weighted by atomic mass is 10.1. The molecule has 0 N–H and O–H groups in total. The Kier molecular flexibility index (Phi) is 5.05. The van der Waals surface area contributed by atoms with Gasteiger partial charge in [0.25, 0.3) is 0 Å². The SMILES string of the molecule is CC(c1nnnn1-c1ccccc1)N1CCC(CN2CCOCC2)C1. The molecular weight excluding hydrogens is 316 g/mol. The van der Waals surface area contributed by atoms with Crippen molar-refractivity contribution in [3.8, 4) is 5.69 Å². The van der Waals surface area contributed by atoms with Crippen molar-refractivity contribution in [1.82, 2.24) is 30.0 Å². The van der Waals surface area contributed by atoms with Crippen LogP contribution in [0.3, 0.4) is 0 Å². The first-order valence-electron chi connectivity index (χ1n) is 9.19. The Hall–Kier alpha value is -1.83. The molecule has 0 spiro atoms. The second-order valence-corrected chi connectivity index (χ2v) is 7.02. The predicted molar refractivity (Wildman–Crippen MR) is 94.5 cm³/mol. The summed E-state index contributed by atoms with van der Waals surface area (Å²) in [7, 11) is 0. The smallest absolute Gasteiger partial charge is 0.173 e. The van der Waals surface area contributed by atoms with Gasteiger partial charge in [0.05, 0.1) is 24.9 Å². The van der Waals surface area contributed by atoms with E-state index in [0.29, 0.717) is 0 Å². The van der Waals surface area contributed by atoms with Gasteiger partial charge in [-0.25, -0.2) is 0 Å². The summed E-state index contributed by atoms with van der Waals surface area (Å²) in [6.07, 6.45) is 1.24. The minimum Gasteiger partial charge on any atom is -0.379 e. The van der Waals surface area contributed by atoms with Gasteiger partial charge in [0.15, 0.2) is 5.82 Å². The van der Waals surface area contributed by atoms with E-state index >= 15 is 0 Å². The van der Waals surface area contributed by atoms with Gasteiger partial charge in [-0.05, 0) is 48.4 Å². The molecule has 2 aliphatic rings. The molecule has 0 saturated carbocycles. The first kappa shape index (κ1) is 16.6. The van der Waals surface area contributed by atoms with E-state index in [1.807, 2.05) is 35.0 Å². The van der Waals surface area contributed by atoms with E-state index in [2.05, 4.69) is 32.2 Å². The van der Waals surface area contributed by atoms with Crippen molar-refractivity contribution in [3.63, 3.8) is 0 Å². The molecule has 0 aliphatic carbocycles. The Morgan fingerprint density at radius 3 is 2.76 bits per heavy atom. The minimum atomic E-state index is 0.213. The van der Waals surface area contributed by atoms with Crippen molar-refractivity contribution in [2.45, 2.75) is 19.4 Å². The van der Waals surface area contributed by atoms with Gasteiger partial charge in [-0.15, -0.1) is 5.10 Å². The van der Waals surface area contributed by atoms with Gasteiger partial charge in [0.1, 0.15) is 0 Å². The van der Waals surface area contributed by atoms with E-state index in [4.69, 9.17) is 4.74 Å². The van der Waals surface area contributed by atoms with Gasteiger partial charge in [-0.1, -0.05) is 18.2 Å². The summed E-state index contributed by atoms with van der Waals surface area (Å²) < 4.78 is 7.31. The molecule has 2 aliphatic heterocycles. The van der Waals surface area contributed by atoms with Gasteiger partial charge >= 0.3 is 0 Å². The molecule has 134 valence electrons. The maximum absolute atomic E-state index is 5.45. The number of morpholine rings is 1. The van der Waals surface area contributed by atoms with Crippen LogP contribution in [0, 0.1) is 5.92 Å². The fourth-order valence-electron chi connectivity index (χ4n) is 3.88. The Morgan fingerprint density at radius 2 is 1.96 bits per heavy atom. The number of para-hydroxylation sites is 1. The molecule has 7 nitrogen and oxygen atoms in total. The maximum Gasteiger partial charge on any atom is 0.173 e. The molecule has 0 radical (unpaired) electrons. The van der Waals surface area contributed by atoms with Crippen LogP contribution in [0.5, 0.6) is 0 Å². The standard InChI is InChI=1S/C18H26N6O/c1-15(18-19-20-21-24(18)17-5-3-2-4-6-17)23-8-7-16(14-23)13-22-9-11-25-12-10-22/h2-6,15-16H,7-14H2,1H3. The van der Waals surface area contributed by atoms with Gasteiger partial charge in [-0.2, -0.15) is 4.68 Å². The number of rotatable bonds is 5. The number of aromatic nitrogens is 4. The Morgan fingerprint density at radius 1 is 1.16 bits per heavy atom. The summed E-state index contributed by atoms with van der Waals surface area (Å²) in [5.41, 5.74) is 1.01. The van der Waals surface area contributed by atoms with Crippen LogP contribution in [0.4, 0.5) is 0 Å². The van der Waals surface area contributed by atoms with Crippen LogP contribution in [0.1, 0.15) is 25.2 Å². The second kappa shape index (κ2) is 7.59. The van der Waals surface area contributed by atoms with Crippen LogP contribution in [0.15, 0.2) is 30.3 Å². The van der Waals surface area contributed by atoms with E-state index < -0.39 is 0 Å². The van der Waals surface area contributed by atoms with Gasteiger partial charge in [-0.3, -0.25) is 9.80 Å². The molecule has 1 aromatic carbocycles. The lowest BCUT2D eigenvalue weighted by Gasteiger charge is -2.29. The largest absolute Gasteiger partial charge is 0.379 e. The normalized spacial score (nSPS) is 23.8. The molecule has 2 unspecified atom stereocenters. The van der Waals surface area contributed by atoms with Crippen molar-refractivity contribution >= 4 is 0 Å². The summed E-state index contributed by atoms with van der Waals surface area (Å²) in [5, 5.41) is 12.4. The molecule has 0 bridgehead atoms. The van der Waals surface area contributed by atoms with Gasteiger partial charge in [0, 0.05) is 26.2 Å². The summed E-state index contributed by atoms with van der Waals surface area (Å²) >= 11 is 0. The Labute approximate surface area is 148 Å². The van der Waals surface area contributed by atoms with Crippen LogP contribution < -0.4 is 0 Å². The zero-order valence-corrected chi connectivity index (χ0v) is 14.8. The number of likely N-dealkylation sites (tertiary alicyclic amines) is 1. The molecule has 0 amide bonds. The fraction of sp³-hybridized carbons (Fsp3) is 0.611. The number of nitrogens with zero attached hydrogens (tertiary/aromatic N) is 6. The molecule has 25 heavy (non-hydrogen) atoms. The molecule has 2 saturated heterocycles. The second-order valence-electron chi connectivity index (χ2n) is 7.02. The summed E-state index contributed by atoms with van der Waals surface area (Å²) in [6.45, 7) is 9.49. The first-order valence-corrected chi connectivity index (χ1v) is 9.19. The van der Waals surface area contributed by atoms with Crippen LogP contribution >= 0.6 is 0 Å². The molecule has 2 atom stereocenters. The zero-order chi connectivity index (χ0) is 17.1. The predicted octanol–water partition coefficient (Wildman–Crippen LogP) is 1.38. The molecule has 7 heteroatoms. The highest BCUT2D eigenvalue weighted by molar-refractivity contribution is 5.30. The molecule has 4 rings (SSSR count). The topological polar surface area (TPSA) is 59.3 Å². The van der Waals surface area contributed by atoms with Crippen molar-refractivity contribution in [1.29, 1.82) is 0 Å².